The van der Waals surface area contributed by atoms with E-state index in [2.05, 4.69) is 129 Å². The maximum atomic E-state index is 13.4. The van der Waals surface area contributed by atoms with Crippen LogP contribution in [0.15, 0.2) is 122 Å². The molecule has 574 valence electrons. The number of aliphatic hydroxyl groups excluding tert-OH is 11. The predicted octanol–water partition coefficient (Wildman–Crippen LogP) is 12.3. The molecular formula is C81H137NO18. The van der Waals surface area contributed by atoms with Crippen molar-refractivity contribution in [2.24, 2.45) is 0 Å². The summed E-state index contributed by atoms with van der Waals surface area (Å²) >= 11 is 0. The molecule has 19 nitrogen and oxygen atoms in total. The van der Waals surface area contributed by atoms with Crippen LogP contribution in [0.25, 0.3) is 0 Å². The number of hydrogen-bond acceptors (Lipinski definition) is 18. The highest BCUT2D eigenvalue weighted by Gasteiger charge is 2.53. The number of aliphatic hydroxyl groups is 11. The fraction of sp³-hybridized carbons (Fsp3) is 0.741. The van der Waals surface area contributed by atoms with E-state index < -0.39 is 124 Å². The number of carbonyl (C=O) groups excluding carboxylic acids is 1. The molecule has 12 N–H and O–H groups in total. The number of ether oxygens (including phenoxy) is 6. The number of allylic oxidation sites excluding steroid dienone is 19. The van der Waals surface area contributed by atoms with E-state index in [9.17, 15) is 61.0 Å². The Balaban J connectivity index is 1.36. The van der Waals surface area contributed by atoms with Crippen LogP contribution in [0.1, 0.15) is 251 Å². The summed E-state index contributed by atoms with van der Waals surface area (Å²) in [7, 11) is 0. The summed E-state index contributed by atoms with van der Waals surface area (Å²) in [6, 6.07) is -0.999. The molecule has 100 heavy (non-hydrogen) atoms. The number of carbonyl (C=O) groups is 1. The second kappa shape index (κ2) is 60.5. The summed E-state index contributed by atoms with van der Waals surface area (Å²) in [5.41, 5.74) is 0. The maximum Gasteiger partial charge on any atom is 0.220 e. The van der Waals surface area contributed by atoms with Crippen molar-refractivity contribution in [1.29, 1.82) is 0 Å². The van der Waals surface area contributed by atoms with Gasteiger partial charge in [-0.05, 0) is 96.3 Å². The highest BCUT2D eigenvalue weighted by Crippen LogP contribution is 2.33. The van der Waals surface area contributed by atoms with Crippen LogP contribution in [-0.2, 0) is 33.2 Å². The Hall–Kier alpha value is -3.81. The molecule has 0 spiro atoms. The van der Waals surface area contributed by atoms with Gasteiger partial charge in [0.25, 0.3) is 0 Å². The zero-order chi connectivity index (χ0) is 72.5. The van der Waals surface area contributed by atoms with Crippen molar-refractivity contribution in [3.05, 3.63) is 122 Å². The number of hydrogen-bond donors (Lipinski definition) is 12. The largest absolute Gasteiger partial charge is 0.394 e. The lowest BCUT2D eigenvalue weighted by atomic mass is 9.96. The first kappa shape index (κ1) is 90.4. The third-order valence-corrected chi connectivity index (χ3v) is 18.5. The molecule has 0 aliphatic carbocycles. The quantitative estimate of drug-likeness (QED) is 0.0199. The molecule has 0 bridgehead atoms. The molecule has 3 fully saturated rings. The topological polar surface area (TPSA) is 307 Å². The van der Waals surface area contributed by atoms with Crippen molar-refractivity contribution in [1.82, 2.24) is 5.32 Å². The van der Waals surface area contributed by atoms with Crippen molar-refractivity contribution < 1.29 is 89.4 Å². The first-order chi connectivity index (χ1) is 48.8. The Labute approximate surface area is 601 Å². The molecule has 1 amide bonds. The Kier molecular flexibility index (Phi) is 54.7. The van der Waals surface area contributed by atoms with Gasteiger partial charge in [0.05, 0.1) is 38.6 Å². The lowest BCUT2D eigenvalue weighted by Gasteiger charge is -2.48. The van der Waals surface area contributed by atoms with Crippen LogP contribution in [0.3, 0.4) is 0 Å². The molecule has 17 atom stereocenters. The molecule has 3 heterocycles. The minimum absolute atomic E-state index is 0.226. The van der Waals surface area contributed by atoms with Crippen LogP contribution in [0.5, 0.6) is 0 Å². The number of amides is 1. The lowest BCUT2D eigenvalue weighted by molar-refractivity contribution is -0.379. The molecule has 0 saturated carbocycles. The smallest absolute Gasteiger partial charge is 0.220 e. The van der Waals surface area contributed by atoms with E-state index in [1.165, 1.54) is 116 Å². The van der Waals surface area contributed by atoms with Gasteiger partial charge in [0, 0.05) is 6.42 Å². The first-order valence-electron chi connectivity index (χ1n) is 38.8. The third-order valence-electron chi connectivity index (χ3n) is 18.5. The Morgan fingerprint density at radius 3 is 1.12 bits per heavy atom. The van der Waals surface area contributed by atoms with Crippen LogP contribution < -0.4 is 5.32 Å². The third kappa shape index (κ3) is 40.5. The zero-order valence-electron chi connectivity index (χ0n) is 61.1. The molecule has 0 radical (unpaired) electrons. The van der Waals surface area contributed by atoms with E-state index in [-0.39, 0.29) is 18.9 Å². The molecule has 0 aromatic rings. The van der Waals surface area contributed by atoms with E-state index in [0.717, 1.165) is 103 Å². The Morgan fingerprint density at radius 2 is 0.700 bits per heavy atom. The molecule has 0 aromatic carbocycles. The number of unbranched alkanes of at least 4 members (excludes halogenated alkanes) is 25. The highest BCUT2D eigenvalue weighted by atomic mass is 16.8. The van der Waals surface area contributed by atoms with Gasteiger partial charge in [0.2, 0.25) is 5.91 Å². The molecule has 3 saturated heterocycles. The molecule has 3 rings (SSSR count). The standard InChI is InChI=1S/C81H137NO18/c1-3-5-7-9-11-13-15-17-19-21-23-24-25-26-27-28-29-30-31-32-33-34-35-36-37-38-39-40-41-43-45-47-49-51-53-55-57-59-69(87)82-64(65(86)58-56-54-52-50-48-46-44-42-22-20-18-16-14-12-10-8-6-4-2)63-95-79-75(93)72(90)77(67(61-84)97-79)100-81-76(94)73(91)78(68(62-85)98-81)99-80-74(92)71(89)70(88)66(60-83)96-80/h5,7,11,13,17,19,23-24,26-27,29-30,32-33,35-36,48,50,56,58,64-68,70-81,83-86,88-94H,3-4,6,8-10,12,14-16,18,20-22,25,28,31,34,37-47,49,51-55,57,59-63H2,1-2H3,(H,82,87)/b7-5-,13-11-,19-17-,24-23-,27-26-,30-29-,33-32-,36-35-,50-48+,58-56+. The molecule has 0 aromatic heterocycles. The van der Waals surface area contributed by atoms with Crippen LogP contribution in [-0.4, -0.2) is 193 Å². The predicted molar refractivity (Wildman–Crippen MR) is 397 cm³/mol. The Bertz CT molecular complexity index is 2280. The zero-order valence-corrected chi connectivity index (χ0v) is 61.1. The Morgan fingerprint density at radius 1 is 0.370 bits per heavy atom. The van der Waals surface area contributed by atoms with Crippen LogP contribution in [0.4, 0.5) is 0 Å². The van der Waals surface area contributed by atoms with E-state index >= 15 is 0 Å². The van der Waals surface area contributed by atoms with Crippen LogP contribution in [0.2, 0.25) is 0 Å². The summed E-state index contributed by atoms with van der Waals surface area (Å²) in [6.45, 7) is 1.60. The molecule has 19 heteroatoms. The van der Waals surface area contributed by atoms with Gasteiger partial charge in [-0.3, -0.25) is 4.79 Å². The van der Waals surface area contributed by atoms with Crippen LogP contribution >= 0.6 is 0 Å². The van der Waals surface area contributed by atoms with Gasteiger partial charge < -0.3 is 89.9 Å². The first-order valence-corrected chi connectivity index (χ1v) is 38.8. The van der Waals surface area contributed by atoms with Crippen molar-refractivity contribution in [3.63, 3.8) is 0 Å². The average Bonchev–Trinajstić information content (AvgIpc) is 0.783. The summed E-state index contributed by atoms with van der Waals surface area (Å²) in [6.07, 6.45) is 57.5. The van der Waals surface area contributed by atoms with E-state index in [1.54, 1.807) is 6.08 Å². The SMILES string of the molecule is CC/C=C\C/C=C\C/C=C\C/C=C\C/C=C\C/C=C\C/C=C\C/C=C\CCCCCCCCCCCCCCC(=O)NC(COC1OC(CO)C(OC2OC(CO)C(OC3OC(CO)C(O)C(O)C3O)C(O)C2O)C(O)C1O)C(O)/C=C/CC/C=C/CCCCCCCCCCCCCC. The van der Waals surface area contributed by atoms with Gasteiger partial charge in [-0.25, -0.2) is 0 Å². The monoisotopic (exact) mass is 1410 g/mol. The summed E-state index contributed by atoms with van der Waals surface area (Å²) < 4.78 is 34.4. The summed E-state index contributed by atoms with van der Waals surface area (Å²) in [5.74, 6) is -0.291. The van der Waals surface area contributed by atoms with Crippen molar-refractivity contribution in [2.75, 3.05) is 26.4 Å². The number of rotatable bonds is 59. The molecule has 3 aliphatic rings. The van der Waals surface area contributed by atoms with Gasteiger partial charge >= 0.3 is 0 Å². The number of nitrogens with one attached hydrogen (secondary N) is 1. The van der Waals surface area contributed by atoms with E-state index in [0.29, 0.717) is 12.8 Å². The molecular weight excluding hydrogens is 1270 g/mol. The van der Waals surface area contributed by atoms with Crippen LogP contribution in [0, 0.1) is 0 Å². The van der Waals surface area contributed by atoms with Crippen molar-refractivity contribution in [3.8, 4) is 0 Å². The second-order valence-electron chi connectivity index (χ2n) is 27.1. The molecule has 17 unspecified atom stereocenters. The highest BCUT2D eigenvalue weighted by molar-refractivity contribution is 5.76. The van der Waals surface area contributed by atoms with Gasteiger partial charge in [-0.15, -0.1) is 0 Å². The fourth-order valence-corrected chi connectivity index (χ4v) is 12.3. The van der Waals surface area contributed by atoms with Crippen molar-refractivity contribution in [2.45, 2.75) is 356 Å². The van der Waals surface area contributed by atoms with E-state index in [1.807, 2.05) is 6.08 Å². The normalized spacial score (nSPS) is 27.1. The van der Waals surface area contributed by atoms with Crippen molar-refractivity contribution >= 4 is 5.91 Å². The second-order valence-corrected chi connectivity index (χ2v) is 27.1. The van der Waals surface area contributed by atoms with Gasteiger partial charge in [-0.1, -0.05) is 270 Å². The van der Waals surface area contributed by atoms with Gasteiger partial charge in [0.15, 0.2) is 18.9 Å². The minimum atomic E-state index is -1.99. The van der Waals surface area contributed by atoms with Gasteiger partial charge in [-0.2, -0.15) is 0 Å². The fourth-order valence-electron chi connectivity index (χ4n) is 12.3. The summed E-state index contributed by atoms with van der Waals surface area (Å²) in [5, 5.41) is 121. The summed E-state index contributed by atoms with van der Waals surface area (Å²) in [4.78, 5) is 13.4. The lowest BCUT2D eigenvalue weighted by Crippen LogP contribution is -2.66. The van der Waals surface area contributed by atoms with Gasteiger partial charge in [0.1, 0.15) is 73.2 Å². The van der Waals surface area contributed by atoms with E-state index in [4.69, 9.17) is 28.4 Å². The minimum Gasteiger partial charge on any atom is -0.394 e. The maximum absolute atomic E-state index is 13.4. The molecule has 3 aliphatic heterocycles. The average molecular weight is 1410 g/mol.